The van der Waals surface area contributed by atoms with Gasteiger partial charge in [0.25, 0.3) is 6.01 Å². The number of hydrogen-bond acceptors (Lipinski definition) is 11. The van der Waals surface area contributed by atoms with Gasteiger partial charge in [0.1, 0.15) is 29.3 Å². The van der Waals surface area contributed by atoms with Crippen molar-refractivity contribution in [3.05, 3.63) is 41.2 Å². The number of primary amides is 1. The molecule has 310 valence electrons. The van der Waals surface area contributed by atoms with E-state index in [4.69, 9.17) is 20.2 Å². The fourth-order valence-corrected chi connectivity index (χ4v) is 9.10. The number of alkyl carbamates (subject to hydrolysis) is 1. The van der Waals surface area contributed by atoms with Crippen LogP contribution in [0.2, 0.25) is 0 Å². The van der Waals surface area contributed by atoms with E-state index in [1.54, 1.807) is 33.2 Å². The van der Waals surface area contributed by atoms with Crippen LogP contribution < -0.4 is 20.5 Å². The normalized spacial score (nSPS) is 22.1. The number of rotatable bonds is 17. The number of benzene rings is 1. The highest BCUT2D eigenvalue weighted by atomic mass is 32.2. The van der Waals surface area contributed by atoms with Crippen LogP contribution in [0.25, 0.3) is 22.3 Å². The second-order valence-electron chi connectivity index (χ2n) is 17.0. The standard InChI is InChI=1S/C40H55N7O8S2/c1-24(2)47-31-16-12-14-27(30-22-56-23-42-30)33(31)44-37(47)54-26-20-32(34(41)48)46(21-26)36(50)29(43-38(51)55-39(3,4)5)15-11-9-7-8-10-13-25-19-28(25)35(49)45-57(52,53)40(6)17-18-40/h10,12-14,16,22-26,28-29,32H,7-9,11,15,17-21H2,1-6H3,(H2,41,48)(H,43,51)(H,45,49). The number of aromatic nitrogens is 3. The molecule has 4 N–H and O–H groups in total. The number of ether oxygens (including phenoxy) is 2. The molecule has 1 aliphatic heterocycles. The number of sulfonamides is 1. The van der Waals surface area contributed by atoms with Gasteiger partial charge in [-0.3, -0.25) is 23.7 Å². The first kappa shape index (κ1) is 42.1. The second kappa shape index (κ2) is 16.8. The Morgan fingerprint density at radius 1 is 1.12 bits per heavy atom. The number of unbranched alkanes of at least 4 members (excludes halogenated alkanes) is 3. The maximum Gasteiger partial charge on any atom is 0.408 e. The Kier molecular flexibility index (Phi) is 12.4. The minimum absolute atomic E-state index is 0.0154. The summed E-state index contributed by atoms with van der Waals surface area (Å²) in [5.74, 6) is -1.87. The third kappa shape index (κ3) is 9.97. The largest absolute Gasteiger partial charge is 0.459 e. The first-order valence-corrected chi connectivity index (χ1v) is 22.2. The van der Waals surface area contributed by atoms with Gasteiger partial charge in [0, 0.05) is 29.3 Å². The Balaban J connectivity index is 1.07. The molecule has 2 aromatic heterocycles. The lowest BCUT2D eigenvalue weighted by atomic mass is 10.0. The van der Waals surface area contributed by atoms with Gasteiger partial charge in [-0.15, -0.1) is 11.3 Å². The predicted molar refractivity (Wildman–Crippen MR) is 217 cm³/mol. The van der Waals surface area contributed by atoms with Crippen molar-refractivity contribution in [1.82, 2.24) is 29.5 Å². The van der Waals surface area contributed by atoms with E-state index < -0.39 is 62.4 Å². The number of carbonyl (C=O) groups excluding carboxylic acids is 4. The molecule has 17 heteroatoms. The molecule has 5 unspecified atom stereocenters. The first-order valence-electron chi connectivity index (χ1n) is 19.8. The van der Waals surface area contributed by atoms with Gasteiger partial charge in [-0.25, -0.2) is 18.2 Å². The second-order valence-corrected chi connectivity index (χ2v) is 19.9. The lowest BCUT2D eigenvalue weighted by Crippen LogP contribution is -2.53. The van der Waals surface area contributed by atoms with Gasteiger partial charge < -0.3 is 25.4 Å². The fraction of sp³-hybridized carbons (Fsp3) is 0.600. The van der Waals surface area contributed by atoms with Crippen molar-refractivity contribution in [1.29, 1.82) is 0 Å². The summed E-state index contributed by atoms with van der Waals surface area (Å²) in [6, 6.07) is 4.30. The monoisotopic (exact) mass is 825 g/mol. The van der Waals surface area contributed by atoms with Crippen LogP contribution in [0.4, 0.5) is 4.79 Å². The summed E-state index contributed by atoms with van der Waals surface area (Å²) in [5.41, 5.74) is 10.1. The van der Waals surface area contributed by atoms with Crippen LogP contribution in [0.15, 0.2) is 41.2 Å². The number of likely N-dealkylation sites (tertiary alicyclic amines) is 1. The van der Waals surface area contributed by atoms with E-state index in [9.17, 15) is 27.6 Å². The van der Waals surface area contributed by atoms with Crippen LogP contribution in [-0.2, 0) is 29.1 Å². The number of carbonyl (C=O) groups is 4. The predicted octanol–water partition coefficient (Wildman–Crippen LogP) is 5.61. The van der Waals surface area contributed by atoms with E-state index in [2.05, 4.69) is 15.0 Å². The quantitative estimate of drug-likeness (QED) is 0.113. The zero-order valence-corrected chi connectivity index (χ0v) is 35.2. The first-order chi connectivity index (χ1) is 26.9. The molecule has 4 amide bonds. The maximum atomic E-state index is 14.2. The smallest absolute Gasteiger partial charge is 0.408 e. The van der Waals surface area contributed by atoms with Crippen molar-refractivity contribution in [2.75, 3.05) is 6.54 Å². The molecular weight excluding hydrogens is 771 g/mol. The third-order valence-corrected chi connectivity index (χ3v) is 13.6. The molecule has 2 saturated carbocycles. The van der Waals surface area contributed by atoms with Gasteiger partial charge in [-0.05, 0) is 92.1 Å². The summed E-state index contributed by atoms with van der Waals surface area (Å²) in [7, 11) is -3.64. The van der Waals surface area contributed by atoms with E-state index >= 15 is 0 Å². The van der Waals surface area contributed by atoms with Gasteiger partial charge in [0.15, 0.2) is 0 Å². The molecule has 3 aliphatic rings. The summed E-state index contributed by atoms with van der Waals surface area (Å²) in [4.78, 5) is 63.2. The van der Waals surface area contributed by atoms with Crippen molar-refractivity contribution in [2.45, 2.75) is 134 Å². The van der Waals surface area contributed by atoms with Crippen LogP contribution >= 0.6 is 11.3 Å². The molecule has 3 heterocycles. The van der Waals surface area contributed by atoms with Crippen molar-refractivity contribution in [3.8, 4) is 17.3 Å². The summed E-state index contributed by atoms with van der Waals surface area (Å²) in [6.45, 7) is 11.0. The highest BCUT2D eigenvalue weighted by Crippen LogP contribution is 2.44. The summed E-state index contributed by atoms with van der Waals surface area (Å²) in [5, 5.41) is 4.70. The maximum absolute atomic E-state index is 14.2. The zero-order valence-electron chi connectivity index (χ0n) is 33.5. The van der Waals surface area contributed by atoms with E-state index in [0.29, 0.717) is 38.1 Å². The third-order valence-electron chi connectivity index (χ3n) is 10.8. The number of para-hydroxylation sites is 1. The lowest BCUT2D eigenvalue weighted by Gasteiger charge is -2.28. The van der Waals surface area contributed by atoms with Gasteiger partial charge in [0.05, 0.1) is 28.0 Å². The highest BCUT2D eigenvalue weighted by Gasteiger charge is 2.52. The SMILES string of the molecule is CC(C)n1c(OC2CC(C(N)=O)N(C(=O)C(CCCCCC=CC3CC3C(=O)NS(=O)(=O)C3(C)CC3)NC(=O)OC(C)(C)C)C2)nc2c(-c3cscn3)cccc21. The molecule has 3 aromatic rings. The summed E-state index contributed by atoms with van der Waals surface area (Å²) >= 11 is 1.50. The minimum atomic E-state index is -3.64. The fourth-order valence-electron chi connectivity index (χ4n) is 7.25. The van der Waals surface area contributed by atoms with E-state index in [1.165, 1.54) is 16.2 Å². The Bertz CT molecular complexity index is 2100. The van der Waals surface area contributed by atoms with E-state index in [1.807, 2.05) is 54.1 Å². The number of nitrogens with zero attached hydrogens (tertiary/aromatic N) is 4. The lowest BCUT2D eigenvalue weighted by molar-refractivity contribution is -0.139. The number of fused-ring (bicyclic) bond motifs is 1. The van der Waals surface area contributed by atoms with Crippen LogP contribution in [-0.4, -0.2) is 86.7 Å². The van der Waals surface area contributed by atoms with Crippen LogP contribution in [0.3, 0.4) is 0 Å². The summed E-state index contributed by atoms with van der Waals surface area (Å²) in [6.07, 6.45) is 7.73. The average Bonchev–Trinajstić information content (AvgIpc) is 3.86. The Morgan fingerprint density at radius 3 is 2.53 bits per heavy atom. The van der Waals surface area contributed by atoms with E-state index in [-0.39, 0.29) is 30.8 Å². The van der Waals surface area contributed by atoms with Gasteiger partial charge in [-0.1, -0.05) is 37.1 Å². The van der Waals surface area contributed by atoms with Gasteiger partial charge >= 0.3 is 6.09 Å². The molecule has 1 aromatic carbocycles. The molecule has 1 saturated heterocycles. The van der Waals surface area contributed by atoms with E-state index in [0.717, 1.165) is 41.6 Å². The Labute approximate surface area is 338 Å². The molecule has 5 atom stereocenters. The number of hydrogen-bond donors (Lipinski definition) is 3. The molecule has 0 bridgehead atoms. The molecule has 0 spiro atoms. The van der Waals surface area contributed by atoms with Crippen molar-refractivity contribution < 1.29 is 37.1 Å². The van der Waals surface area contributed by atoms with Crippen molar-refractivity contribution >= 4 is 56.2 Å². The molecule has 2 aliphatic carbocycles. The van der Waals surface area contributed by atoms with Crippen molar-refractivity contribution in [2.24, 2.45) is 17.6 Å². The van der Waals surface area contributed by atoms with Crippen molar-refractivity contribution in [3.63, 3.8) is 0 Å². The highest BCUT2D eigenvalue weighted by molar-refractivity contribution is 7.91. The minimum Gasteiger partial charge on any atom is -0.459 e. The van der Waals surface area contributed by atoms with Crippen LogP contribution in [0.1, 0.15) is 105 Å². The number of imidazole rings is 1. The molecule has 3 fully saturated rings. The molecular formula is C40H55N7O8S2. The molecule has 6 rings (SSSR count). The Hall–Kier alpha value is -4.51. The number of nitrogens with one attached hydrogen (secondary N) is 2. The molecule has 57 heavy (non-hydrogen) atoms. The van der Waals surface area contributed by atoms with Crippen LogP contribution in [0, 0.1) is 11.8 Å². The number of nitrogens with two attached hydrogens (primary N) is 1. The van der Waals surface area contributed by atoms with Crippen LogP contribution in [0.5, 0.6) is 6.01 Å². The van der Waals surface area contributed by atoms with Gasteiger partial charge in [-0.2, -0.15) is 4.98 Å². The topological polar surface area (TPSA) is 205 Å². The average molecular weight is 826 g/mol. The number of allylic oxidation sites excluding steroid dienone is 2. The summed E-state index contributed by atoms with van der Waals surface area (Å²) < 4.78 is 40.2. The Morgan fingerprint density at radius 2 is 1.88 bits per heavy atom. The number of amides is 4. The van der Waals surface area contributed by atoms with Gasteiger partial charge in [0.2, 0.25) is 27.7 Å². The molecule has 15 nitrogen and oxygen atoms in total. The zero-order chi connectivity index (χ0) is 41.3. The number of thiazole rings is 1. The molecule has 0 radical (unpaired) electrons.